The average Bonchev–Trinajstić information content (AvgIpc) is 3.13. The zero-order chi connectivity index (χ0) is 17.3. The molecule has 1 aliphatic heterocycles. The van der Waals surface area contributed by atoms with E-state index in [0.717, 1.165) is 37.2 Å². The number of rotatable bonds is 5. The van der Waals surface area contributed by atoms with E-state index in [-0.39, 0.29) is 5.69 Å². The Morgan fingerprint density at radius 1 is 1.42 bits per heavy atom. The molecule has 128 valence electrons. The molecule has 2 atom stereocenters. The number of hydrogen-bond donors (Lipinski definition) is 2. The number of nitrogens with zero attached hydrogens (tertiary/aromatic N) is 2. The standard InChI is InChI=1S/C17H19F2N3O2/c1-2-13(16(23)15-11(18)6-3-7-12(15)19)20-17(24)14-9-10-5-4-8-22(10)21-14/h3,6-7,9,13,16,23H,2,4-5,8H2,1H3,(H,20,24). The average molecular weight is 335 g/mol. The number of benzene rings is 1. The Labute approximate surface area is 138 Å². The second-order valence-electron chi connectivity index (χ2n) is 5.92. The summed E-state index contributed by atoms with van der Waals surface area (Å²) in [5.41, 5.74) is 0.815. The molecule has 1 aliphatic rings. The number of aromatic nitrogens is 2. The van der Waals surface area contributed by atoms with Crippen molar-refractivity contribution in [3.05, 3.63) is 52.9 Å². The van der Waals surface area contributed by atoms with Gasteiger partial charge in [0.2, 0.25) is 0 Å². The molecule has 1 aromatic heterocycles. The van der Waals surface area contributed by atoms with Crippen LogP contribution in [0.4, 0.5) is 8.78 Å². The minimum Gasteiger partial charge on any atom is -0.386 e. The number of aliphatic hydroxyl groups excluding tert-OH is 1. The van der Waals surface area contributed by atoms with Crippen LogP contribution in [0.2, 0.25) is 0 Å². The van der Waals surface area contributed by atoms with Crippen molar-refractivity contribution >= 4 is 5.91 Å². The van der Waals surface area contributed by atoms with Crippen LogP contribution in [0.25, 0.3) is 0 Å². The van der Waals surface area contributed by atoms with E-state index in [9.17, 15) is 18.7 Å². The minimum atomic E-state index is -1.48. The van der Waals surface area contributed by atoms with E-state index in [0.29, 0.717) is 6.42 Å². The van der Waals surface area contributed by atoms with Crippen molar-refractivity contribution in [1.82, 2.24) is 15.1 Å². The molecular formula is C17H19F2N3O2. The molecule has 0 radical (unpaired) electrons. The van der Waals surface area contributed by atoms with Crippen LogP contribution in [-0.2, 0) is 13.0 Å². The highest BCUT2D eigenvalue weighted by Crippen LogP contribution is 2.25. The van der Waals surface area contributed by atoms with E-state index in [4.69, 9.17) is 0 Å². The second kappa shape index (κ2) is 6.68. The molecule has 0 bridgehead atoms. The molecule has 0 fully saturated rings. The third-order valence-electron chi connectivity index (χ3n) is 4.33. The van der Waals surface area contributed by atoms with Crippen LogP contribution in [0.1, 0.15) is 47.6 Å². The van der Waals surface area contributed by atoms with Crippen LogP contribution in [0.15, 0.2) is 24.3 Å². The van der Waals surface area contributed by atoms with Gasteiger partial charge in [0, 0.05) is 12.2 Å². The third-order valence-corrected chi connectivity index (χ3v) is 4.33. The summed E-state index contributed by atoms with van der Waals surface area (Å²) >= 11 is 0. The first-order valence-electron chi connectivity index (χ1n) is 8.00. The van der Waals surface area contributed by atoms with Crippen LogP contribution in [0.3, 0.4) is 0 Å². The minimum absolute atomic E-state index is 0.254. The lowest BCUT2D eigenvalue weighted by Gasteiger charge is -2.23. The van der Waals surface area contributed by atoms with Gasteiger partial charge in [0.1, 0.15) is 23.4 Å². The SMILES string of the molecule is CCC(NC(=O)c1cc2n(n1)CCC2)C(O)c1c(F)cccc1F. The first kappa shape index (κ1) is 16.6. The van der Waals surface area contributed by atoms with Gasteiger partial charge in [-0.2, -0.15) is 5.10 Å². The molecule has 2 unspecified atom stereocenters. The number of aliphatic hydroxyl groups is 1. The van der Waals surface area contributed by atoms with Crippen molar-refractivity contribution in [3.63, 3.8) is 0 Å². The highest BCUT2D eigenvalue weighted by molar-refractivity contribution is 5.92. The van der Waals surface area contributed by atoms with Gasteiger partial charge in [-0.15, -0.1) is 0 Å². The van der Waals surface area contributed by atoms with Gasteiger partial charge in [-0.05, 0) is 37.5 Å². The summed E-state index contributed by atoms with van der Waals surface area (Å²) in [4.78, 5) is 12.3. The van der Waals surface area contributed by atoms with Crippen LogP contribution >= 0.6 is 0 Å². The lowest BCUT2D eigenvalue weighted by molar-refractivity contribution is 0.0805. The molecule has 2 aromatic rings. The van der Waals surface area contributed by atoms with Crippen LogP contribution in [-0.4, -0.2) is 26.8 Å². The first-order chi connectivity index (χ1) is 11.5. The maximum Gasteiger partial charge on any atom is 0.272 e. The first-order valence-corrected chi connectivity index (χ1v) is 8.00. The fraction of sp³-hybridized carbons (Fsp3) is 0.412. The number of carbonyl (C=O) groups excluding carboxylic acids is 1. The van der Waals surface area contributed by atoms with Crippen molar-refractivity contribution in [3.8, 4) is 0 Å². The third kappa shape index (κ3) is 3.03. The maximum atomic E-state index is 13.8. The van der Waals surface area contributed by atoms with Gasteiger partial charge in [-0.25, -0.2) is 8.78 Å². The normalized spacial score (nSPS) is 15.8. The lowest BCUT2D eigenvalue weighted by Crippen LogP contribution is -2.39. The summed E-state index contributed by atoms with van der Waals surface area (Å²) in [7, 11) is 0. The molecule has 7 heteroatoms. The number of carbonyl (C=O) groups is 1. The topological polar surface area (TPSA) is 67.2 Å². The Bertz CT molecular complexity index is 719. The summed E-state index contributed by atoms with van der Waals surface area (Å²) in [5, 5.41) is 17.2. The highest BCUT2D eigenvalue weighted by atomic mass is 19.1. The molecule has 1 amide bonds. The number of aryl methyl sites for hydroxylation is 2. The van der Waals surface area contributed by atoms with Gasteiger partial charge in [0.15, 0.2) is 0 Å². The monoisotopic (exact) mass is 335 g/mol. The molecule has 3 rings (SSSR count). The lowest BCUT2D eigenvalue weighted by atomic mass is 9.99. The van der Waals surface area contributed by atoms with E-state index in [1.54, 1.807) is 17.7 Å². The van der Waals surface area contributed by atoms with Crippen molar-refractivity contribution < 1.29 is 18.7 Å². The molecular weight excluding hydrogens is 316 g/mol. The second-order valence-corrected chi connectivity index (χ2v) is 5.92. The van der Waals surface area contributed by atoms with Crippen LogP contribution < -0.4 is 5.32 Å². The predicted molar refractivity (Wildman–Crippen MR) is 83.4 cm³/mol. The van der Waals surface area contributed by atoms with Gasteiger partial charge in [0.25, 0.3) is 5.91 Å². The van der Waals surface area contributed by atoms with Crippen molar-refractivity contribution in [2.75, 3.05) is 0 Å². The predicted octanol–water partition coefficient (Wildman–Crippen LogP) is 2.35. The van der Waals surface area contributed by atoms with Crippen LogP contribution in [0.5, 0.6) is 0 Å². The Morgan fingerprint density at radius 3 is 2.75 bits per heavy atom. The Hall–Kier alpha value is -2.28. The molecule has 5 nitrogen and oxygen atoms in total. The molecule has 0 saturated heterocycles. The summed E-state index contributed by atoms with van der Waals surface area (Å²) < 4.78 is 29.5. The van der Waals surface area contributed by atoms with E-state index in [2.05, 4.69) is 10.4 Å². The van der Waals surface area contributed by atoms with Gasteiger partial charge >= 0.3 is 0 Å². The zero-order valence-electron chi connectivity index (χ0n) is 13.3. The quantitative estimate of drug-likeness (QED) is 0.881. The number of nitrogens with one attached hydrogen (secondary N) is 1. The summed E-state index contributed by atoms with van der Waals surface area (Å²) in [6.45, 7) is 2.50. The molecule has 24 heavy (non-hydrogen) atoms. The largest absolute Gasteiger partial charge is 0.386 e. The Balaban J connectivity index is 1.77. The van der Waals surface area contributed by atoms with Crippen molar-refractivity contribution in [2.45, 2.75) is 44.9 Å². The number of hydrogen-bond acceptors (Lipinski definition) is 3. The Kier molecular flexibility index (Phi) is 4.62. The molecule has 0 spiro atoms. The Morgan fingerprint density at radius 2 is 2.12 bits per heavy atom. The number of fused-ring (bicyclic) bond motifs is 1. The smallest absolute Gasteiger partial charge is 0.272 e. The van der Waals surface area contributed by atoms with Crippen LogP contribution in [0, 0.1) is 11.6 Å². The molecule has 2 heterocycles. The molecule has 0 saturated carbocycles. The molecule has 2 N–H and O–H groups in total. The number of halogens is 2. The van der Waals surface area contributed by atoms with E-state index >= 15 is 0 Å². The molecule has 0 aliphatic carbocycles. The molecule has 1 aromatic carbocycles. The highest BCUT2D eigenvalue weighted by Gasteiger charge is 2.28. The zero-order valence-corrected chi connectivity index (χ0v) is 13.3. The summed E-state index contributed by atoms with van der Waals surface area (Å²) in [5.74, 6) is -2.13. The van der Waals surface area contributed by atoms with E-state index in [1.807, 2.05) is 0 Å². The summed E-state index contributed by atoms with van der Waals surface area (Å²) in [6.07, 6.45) is 0.719. The fourth-order valence-electron chi connectivity index (χ4n) is 3.01. The maximum absolute atomic E-state index is 13.8. The van der Waals surface area contributed by atoms with Crippen molar-refractivity contribution in [1.29, 1.82) is 0 Å². The number of amides is 1. The summed E-state index contributed by atoms with van der Waals surface area (Å²) in [6, 6.07) is 4.28. The van der Waals surface area contributed by atoms with Gasteiger partial charge < -0.3 is 10.4 Å². The van der Waals surface area contributed by atoms with Gasteiger partial charge in [0.05, 0.1) is 11.6 Å². The van der Waals surface area contributed by atoms with E-state index < -0.39 is 35.3 Å². The fourth-order valence-corrected chi connectivity index (χ4v) is 3.01. The van der Waals surface area contributed by atoms with Gasteiger partial charge in [-0.3, -0.25) is 9.48 Å². The van der Waals surface area contributed by atoms with Gasteiger partial charge in [-0.1, -0.05) is 13.0 Å². The van der Waals surface area contributed by atoms with Crippen molar-refractivity contribution in [2.24, 2.45) is 0 Å². The van der Waals surface area contributed by atoms with E-state index in [1.165, 1.54) is 6.07 Å².